The zero-order valence-corrected chi connectivity index (χ0v) is 19.7. The number of carbonyl (C=O) groups is 2. The molecule has 0 spiro atoms. The normalized spacial score (nSPS) is 15.8. The zero-order chi connectivity index (χ0) is 24.0. The van der Waals surface area contributed by atoms with Gasteiger partial charge in [-0.3, -0.25) is 14.6 Å². The number of amides is 2. The molecule has 0 radical (unpaired) electrons. The van der Waals surface area contributed by atoms with Gasteiger partial charge in [0.1, 0.15) is 6.54 Å². The Morgan fingerprint density at radius 1 is 1.12 bits per heavy atom. The summed E-state index contributed by atoms with van der Waals surface area (Å²) in [6, 6.07) is 11.2. The minimum atomic E-state index is -4.60. The number of hydrazone groups is 1. The van der Waals surface area contributed by atoms with E-state index >= 15 is 0 Å². The number of nitrogens with one attached hydrogen (secondary N) is 2. The molecule has 11 heteroatoms. The van der Waals surface area contributed by atoms with Gasteiger partial charge in [-0.2, -0.15) is 18.3 Å². The number of alkyl halides is 4. The van der Waals surface area contributed by atoms with Crippen molar-refractivity contribution < 1.29 is 22.8 Å². The van der Waals surface area contributed by atoms with Crippen molar-refractivity contribution in [3.05, 3.63) is 64.7 Å². The van der Waals surface area contributed by atoms with E-state index in [4.69, 9.17) is 11.6 Å². The molecule has 1 unspecified atom stereocenters. The summed E-state index contributed by atoms with van der Waals surface area (Å²) >= 11 is 9.25. The van der Waals surface area contributed by atoms with Gasteiger partial charge >= 0.3 is 6.18 Å². The molecular formula is C22H21BrClF3N4O2. The average molecular weight is 546 g/mol. The Morgan fingerprint density at radius 2 is 1.82 bits per heavy atom. The lowest BCUT2D eigenvalue weighted by molar-refractivity contribution is -0.137. The van der Waals surface area contributed by atoms with Crippen molar-refractivity contribution in [2.24, 2.45) is 5.10 Å². The van der Waals surface area contributed by atoms with E-state index in [1.807, 2.05) is 0 Å². The van der Waals surface area contributed by atoms with Gasteiger partial charge in [0.05, 0.1) is 29.5 Å². The van der Waals surface area contributed by atoms with Gasteiger partial charge in [0.15, 0.2) is 0 Å². The molecule has 2 N–H and O–H groups in total. The predicted molar refractivity (Wildman–Crippen MR) is 125 cm³/mol. The van der Waals surface area contributed by atoms with Crippen LogP contribution in [0.25, 0.3) is 0 Å². The summed E-state index contributed by atoms with van der Waals surface area (Å²) in [4.78, 5) is 24.8. The third kappa shape index (κ3) is 6.94. The molecule has 33 heavy (non-hydrogen) atoms. The van der Waals surface area contributed by atoms with Crippen LogP contribution in [0, 0.1) is 0 Å². The minimum absolute atomic E-state index is 0.161. The van der Waals surface area contributed by atoms with Crippen LogP contribution in [0.4, 0.5) is 18.9 Å². The Kier molecular flexibility index (Phi) is 8.36. The lowest BCUT2D eigenvalue weighted by atomic mass is 10.0. The number of rotatable bonds is 8. The number of hydrogen-bond acceptors (Lipinski definition) is 4. The van der Waals surface area contributed by atoms with E-state index in [1.165, 1.54) is 23.2 Å². The van der Waals surface area contributed by atoms with Gasteiger partial charge in [-0.05, 0) is 30.7 Å². The van der Waals surface area contributed by atoms with E-state index in [-0.39, 0.29) is 24.7 Å². The Morgan fingerprint density at radius 3 is 2.48 bits per heavy atom. The van der Waals surface area contributed by atoms with E-state index in [1.54, 1.807) is 24.3 Å². The monoisotopic (exact) mass is 544 g/mol. The maximum Gasteiger partial charge on any atom is 0.418 e. The summed E-state index contributed by atoms with van der Waals surface area (Å²) in [5.41, 5.74) is 0.00986. The molecule has 176 valence electrons. The highest BCUT2D eigenvalue weighted by Crippen LogP contribution is 2.34. The van der Waals surface area contributed by atoms with Crippen LogP contribution in [0.5, 0.6) is 0 Å². The maximum absolute atomic E-state index is 13.2. The van der Waals surface area contributed by atoms with Gasteiger partial charge in [0.25, 0.3) is 0 Å². The van der Waals surface area contributed by atoms with E-state index < -0.39 is 23.7 Å². The van der Waals surface area contributed by atoms with Crippen LogP contribution >= 0.6 is 27.5 Å². The summed E-state index contributed by atoms with van der Waals surface area (Å²) in [6.07, 6.45) is -3.61. The molecule has 0 fully saturated rings. The van der Waals surface area contributed by atoms with Crippen LogP contribution in [0.3, 0.4) is 0 Å². The number of anilines is 1. The van der Waals surface area contributed by atoms with Crippen LogP contribution < -0.4 is 10.6 Å². The first-order valence-electron chi connectivity index (χ1n) is 10.1. The van der Waals surface area contributed by atoms with Crippen molar-refractivity contribution in [1.82, 2.24) is 10.3 Å². The number of hydrogen-bond donors (Lipinski definition) is 2. The minimum Gasteiger partial charge on any atom is -0.346 e. The van der Waals surface area contributed by atoms with Crippen molar-refractivity contribution in [1.29, 1.82) is 0 Å². The topological polar surface area (TPSA) is 73.8 Å². The highest BCUT2D eigenvalue weighted by atomic mass is 79.9. The fraction of sp³-hybridized carbons (Fsp3) is 0.318. The first-order valence-corrected chi connectivity index (χ1v) is 11.6. The van der Waals surface area contributed by atoms with Crippen molar-refractivity contribution >= 4 is 50.7 Å². The molecule has 2 amide bonds. The molecule has 1 heterocycles. The van der Waals surface area contributed by atoms with E-state index in [2.05, 4.69) is 31.7 Å². The zero-order valence-electron chi connectivity index (χ0n) is 17.3. The SMILES string of the molecule is O=C(CN1CC(NC(=O)CCCBr)C(c2ccc(Cl)cc2)=N1)Nc1ccccc1C(F)(F)F. The molecule has 0 bridgehead atoms. The van der Waals surface area contributed by atoms with Crippen LogP contribution in [0.2, 0.25) is 5.02 Å². The molecule has 0 aromatic heterocycles. The standard InChI is InChI=1S/C22H21BrClF3N4O2/c23-11-3-6-19(32)29-18-12-31(30-21(18)14-7-9-15(24)10-8-14)13-20(33)28-17-5-2-1-4-16(17)22(25,26)27/h1-2,4-5,7-10,18H,3,6,11-13H2,(H,28,33)(H,29,32). The third-order valence-electron chi connectivity index (χ3n) is 4.82. The number of carbonyl (C=O) groups excluding carboxylic acids is 2. The Balaban J connectivity index is 1.74. The Labute approximate surface area is 202 Å². The van der Waals surface area contributed by atoms with Crippen LogP contribution in [0.1, 0.15) is 24.0 Å². The summed E-state index contributed by atoms with van der Waals surface area (Å²) < 4.78 is 39.6. The van der Waals surface area contributed by atoms with Crippen LogP contribution in [0.15, 0.2) is 53.6 Å². The smallest absolute Gasteiger partial charge is 0.346 e. The van der Waals surface area contributed by atoms with E-state index in [9.17, 15) is 22.8 Å². The van der Waals surface area contributed by atoms with Gasteiger partial charge in [-0.25, -0.2) is 0 Å². The fourth-order valence-electron chi connectivity index (χ4n) is 3.34. The van der Waals surface area contributed by atoms with Crippen molar-refractivity contribution in [2.45, 2.75) is 25.1 Å². The average Bonchev–Trinajstić information content (AvgIpc) is 3.14. The number of nitrogens with zero attached hydrogens (tertiary/aromatic N) is 2. The van der Waals surface area contributed by atoms with Gasteiger partial charge in [0.2, 0.25) is 11.8 Å². The molecular weight excluding hydrogens is 525 g/mol. The summed E-state index contributed by atoms with van der Waals surface area (Å²) in [5.74, 6) is -0.816. The first-order chi connectivity index (χ1) is 15.7. The highest BCUT2D eigenvalue weighted by Gasteiger charge is 2.34. The molecule has 0 saturated heterocycles. The largest absolute Gasteiger partial charge is 0.418 e. The maximum atomic E-state index is 13.2. The molecule has 0 saturated carbocycles. The Hall–Kier alpha value is -2.59. The second-order valence-corrected chi connectivity index (χ2v) is 8.57. The highest BCUT2D eigenvalue weighted by molar-refractivity contribution is 9.09. The van der Waals surface area contributed by atoms with Crippen LogP contribution in [-0.2, 0) is 15.8 Å². The van der Waals surface area contributed by atoms with E-state index in [0.29, 0.717) is 28.9 Å². The van der Waals surface area contributed by atoms with Gasteiger partial charge in [-0.15, -0.1) is 0 Å². The molecule has 2 aromatic carbocycles. The molecule has 3 rings (SSSR count). The molecule has 1 aliphatic heterocycles. The fourth-order valence-corrected chi connectivity index (χ4v) is 3.75. The van der Waals surface area contributed by atoms with Gasteiger partial charge in [-0.1, -0.05) is 51.8 Å². The van der Waals surface area contributed by atoms with E-state index in [0.717, 1.165) is 11.6 Å². The number of halogens is 5. The summed E-state index contributed by atoms with van der Waals surface area (Å²) in [6.45, 7) is -0.0800. The van der Waals surface area contributed by atoms with Crippen molar-refractivity contribution in [3.8, 4) is 0 Å². The van der Waals surface area contributed by atoms with Crippen LogP contribution in [-0.4, -0.2) is 47.0 Å². The quantitative estimate of drug-likeness (QED) is 0.473. The molecule has 2 aromatic rings. The lowest BCUT2D eigenvalue weighted by Gasteiger charge is -2.18. The molecule has 0 aliphatic carbocycles. The van der Waals surface area contributed by atoms with Crippen molar-refractivity contribution in [3.63, 3.8) is 0 Å². The van der Waals surface area contributed by atoms with Gasteiger partial charge in [0, 0.05) is 22.3 Å². The molecule has 6 nitrogen and oxygen atoms in total. The number of para-hydroxylation sites is 1. The van der Waals surface area contributed by atoms with Gasteiger partial charge < -0.3 is 10.6 Å². The summed E-state index contributed by atoms with van der Waals surface area (Å²) in [7, 11) is 0. The number of benzene rings is 2. The summed E-state index contributed by atoms with van der Waals surface area (Å²) in [5, 5.41) is 12.3. The lowest BCUT2D eigenvalue weighted by Crippen LogP contribution is -2.43. The predicted octanol–water partition coefficient (Wildman–Crippen LogP) is 4.68. The third-order valence-corrected chi connectivity index (χ3v) is 5.63. The van der Waals surface area contributed by atoms with Crippen molar-refractivity contribution in [2.75, 3.05) is 23.7 Å². The molecule has 1 atom stereocenters. The second-order valence-electron chi connectivity index (χ2n) is 7.34. The Bertz CT molecular complexity index is 1030. The first kappa shape index (κ1) is 25.0. The molecule has 1 aliphatic rings. The second kappa shape index (κ2) is 11.0.